The van der Waals surface area contributed by atoms with E-state index < -0.39 is 0 Å². The molecule has 1 aromatic heterocycles. The zero-order valence-electron chi connectivity index (χ0n) is 9.53. The molecule has 90 valence electrons. The van der Waals surface area contributed by atoms with E-state index in [1.807, 2.05) is 12.1 Å². The third-order valence-corrected chi connectivity index (χ3v) is 2.79. The summed E-state index contributed by atoms with van der Waals surface area (Å²) in [4.78, 5) is 7.43. The lowest BCUT2D eigenvalue weighted by Crippen LogP contribution is -2.03. The lowest BCUT2D eigenvalue weighted by Gasteiger charge is -2.04. The van der Waals surface area contributed by atoms with Crippen molar-refractivity contribution < 1.29 is 4.74 Å². The van der Waals surface area contributed by atoms with Gasteiger partial charge in [0.15, 0.2) is 0 Å². The first-order chi connectivity index (χ1) is 8.24. The number of halogens is 1. The van der Waals surface area contributed by atoms with Crippen LogP contribution in [0, 0.1) is 0 Å². The van der Waals surface area contributed by atoms with Gasteiger partial charge in [-0.25, -0.2) is 4.98 Å². The number of hydrogen-bond acceptors (Lipinski definition) is 3. The summed E-state index contributed by atoms with van der Waals surface area (Å²) in [5, 5.41) is 0.632. The molecule has 5 heteroatoms. The highest BCUT2D eigenvalue weighted by atomic mass is 35.5. The zero-order valence-corrected chi connectivity index (χ0v) is 10.3. The smallest absolute Gasteiger partial charge is 0.120 e. The summed E-state index contributed by atoms with van der Waals surface area (Å²) in [6.07, 6.45) is 2.49. The average Bonchev–Trinajstić information content (AvgIpc) is 2.78. The Bertz CT molecular complexity index is 510. The van der Waals surface area contributed by atoms with Gasteiger partial charge < -0.3 is 15.5 Å². The number of rotatable bonds is 4. The number of aromatic amines is 1. The number of imidazole rings is 1. The Morgan fingerprint density at radius 1 is 1.47 bits per heavy atom. The molecule has 17 heavy (non-hydrogen) atoms. The fourth-order valence-electron chi connectivity index (χ4n) is 1.60. The van der Waals surface area contributed by atoms with Gasteiger partial charge in [0.25, 0.3) is 0 Å². The fourth-order valence-corrected chi connectivity index (χ4v) is 1.88. The lowest BCUT2D eigenvalue weighted by atomic mass is 10.1. The number of aromatic nitrogens is 2. The number of nitrogens with two attached hydrogens (primary N) is 1. The quantitative estimate of drug-likeness (QED) is 0.876. The van der Waals surface area contributed by atoms with E-state index in [9.17, 15) is 0 Å². The van der Waals surface area contributed by atoms with Crippen LogP contribution in [0.3, 0.4) is 0 Å². The predicted octanol–water partition coefficient (Wildman–Crippen LogP) is 2.24. The molecule has 3 N–H and O–H groups in total. The number of nitrogens with zero attached hydrogens (tertiary/aromatic N) is 1. The molecule has 0 unspecified atom stereocenters. The Labute approximate surface area is 105 Å². The Kier molecular flexibility index (Phi) is 3.66. The van der Waals surface area contributed by atoms with Gasteiger partial charge in [0.05, 0.1) is 24.0 Å². The largest absolute Gasteiger partial charge is 0.497 e. The highest BCUT2D eigenvalue weighted by Gasteiger charge is 2.08. The van der Waals surface area contributed by atoms with E-state index in [0.717, 1.165) is 29.3 Å². The average molecular weight is 252 g/mol. The van der Waals surface area contributed by atoms with Gasteiger partial charge in [0.2, 0.25) is 0 Å². The van der Waals surface area contributed by atoms with Crippen molar-refractivity contribution in [2.75, 3.05) is 13.7 Å². The molecule has 2 aromatic rings. The van der Waals surface area contributed by atoms with Crippen molar-refractivity contribution in [3.63, 3.8) is 0 Å². The highest BCUT2D eigenvalue weighted by molar-refractivity contribution is 6.33. The van der Waals surface area contributed by atoms with Gasteiger partial charge in [-0.05, 0) is 24.7 Å². The van der Waals surface area contributed by atoms with Crippen LogP contribution in [-0.4, -0.2) is 23.6 Å². The number of H-pyrrole nitrogens is 1. The summed E-state index contributed by atoms with van der Waals surface area (Å²) in [6.45, 7) is 0.573. The highest BCUT2D eigenvalue weighted by Crippen LogP contribution is 2.29. The second-order valence-corrected chi connectivity index (χ2v) is 4.04. The van der Waals surface area contributed by atoms with Gasteiger partial charge in [-0.15, -0.1) is 0 Å². The first kappa shape index (κ1) is 12.0. The molecule has 2 rings (SSSR count). The molecule has 1 heterocycles. The van der Waals surface area contributed by atoms with Crippen molar-refractivity contribution in [2.24, 2.45) is 5.73 Å². The Balaban J connectivity index is 2.32. The third kappa shape index (κ3) is 2.60. The van der Waals surface area contributed by atoms with Crippen LogP contribution in [0.15, 0.2) is 24.4 Å². The number of benzene rings is 1. The number of ether oxygens (including phenoxy) is 1. The van der Waals surface area contributed by atoms with Crippen molar-refractivity contribution in [1.82, 2.24) is 9.97 Å². The Hall–Kier alpha value is -1.52. The van der Waals surface area contributed by atoms with Crippen molar-refractivity contribution in [2.45, 2.75) is 6.42 Å². The Morgan fingerprint density at radius 2 is 2.29 bits per heavy atom. The van der Waals surface area contributed by atoms with E-state index >= 15 is 0 Å². The van der Waals surface area contributed by atoms with E-state index in [0.29, 0.717) is 11.6 Å². The van der Waals surface area contributed by atoms with Crippen LogP contribution in [0.2, 0.25) is 5.02 Å². The molecule has 1 aromatic carbocycles. The van der Waals surface area contributed by atoms with Crippen molar-refractivity contribution in [1.29, 1.82) is 0 Å². The number of nitrogens with one attached hydrogen (secondary N) is 1. The molecule has 0 saturated heterocycles. The van der Waals surface area contributed by atoms with Crippen LogP contribution in [0.1, 0.15) is 5.82 Å². The predicted molar refractivity (Wildman–Crippen MR) is 68.3 cm³/mol. The maximum Gasteiger partial charge on any atom is 0.120 e. The van der Waals surface area contributed by atoms with Gasteiger partial charge >= 0.3 is 0 Å². The van der Waals surface area contributed by atoms with Crippen LogP contribution in [0.4, 0.5) is 0 Å². The van der Waals surface area contributed by atoms with E-state index in [-0.39, 0.29) is 0 Å². The summed E-state index contributed by atoms with van der Waals surface area (Å²) in [6, 6.07) is 5.55. The van der Waals surface area contributed by atoms with Gasteiger partial charge in [-0.2, -0.15) is 0 Å². The van der Waals surface area contributed by atoms with Crippen LogP contribution in [-0.2, 0) is 6.42 Å². The van der Waals surface area contributed by atoms with E-state index in [1.54, 1.807) is 19.4 Å². The molecular weight excluding hydrogens is 238 g/mol. The van der Waals surface area contributed by atoms with E-state index in [1.165, 1.54) is 0 Å². The fraction of sp³-hybridized carbons (Fsp3) is 0.250. The minimum absolute atomic E-state index is 0.573. The lowest BCUT2D eigenvalue weighted by molar-refractivity contribution is 0.415. The molecule has 0 radical (unpaired) electrons. The molecule has 0 fully saturated rings. The normalized spacial score (nSPS) is 10.5. The summed E-state index contributed by atoms with van der Waals surface area (Å²) in [7, 11) is 1.61. The maximum absolute atomic E-state index is 6.18. The molecule has 4 nitrogen and oxygen atoms in total. The van der Waals surface area contributed by atoms with Crippen LogP contribution < -0.4 is 10.5 Å². The number of methoxy groups -OCH3 is 1. The molecule has 0 aliphatic heterocycles. The minimum atomic E-state index is 0.573. The summed E-state index contributed by atoms with van der Waals surface area (Å²) in [5.74, 6) is 1.61. The molecule has 0 aliphatic carbocycles. The summed E-state index contributed by atoms with van der Waals surface area (Å²) in [5.41, 5.74) is 7.27. The van der Waals surface area contributed by atoms with Crippen molar-refractivity contribution in [3.8, 4) is 17.0 Å². The van der Waals surface area contributed by atoms with Gasteiger partial charge in [-0.1, -0.05) is 11.6 Å². The summed E-state index contributed by atoms with van der Waals surface area (Å²) < 4.78 is 5.10. The molecule has 0 bridgehead atoms. The molecular formula is C12H14ClN3O. The molecule has 0 amide bonds. The summed E-state index contributed by atoms with van der Waals surface area (Å²) >= 11 is 6.18. The first-order valence-electron chi connectivity index (χ1n) is 5.32. The SMILES string of the molecule is COc1ccc(-c2cnc(CCN)[nH]2)c(Cl)c1. The van der Waals surface area contributed by atoms with Gasteiger partial charge in [-0.3, -0.25) is 0 Å². The molecule has 0 atom stereocenters. The standard InChI is InChI=1S/C12H14ClN3O/c1-17-8-2-3-9(10(13)6-8)11-7-15-12(16-11)4-5-14/h2-3,6-7H,4-5,14H2,1H3,(H,15,16). The molecule has 0 spiro atoms. The zero-order chi connectivity index (χ0) is 12.3. The second kappa shape index (κ2) is 5.21. The van der Waals surface area contributed by atoms with Crippen LogP contribution >= 0.6 is 11.6 Å². The topological polar surface area (TPSA) is 63.9 Å². The van der Waals surface area contributed by atoms with Crippen molar-refractivity contribution in [3.05, 3.63) is 35.2 Å². The van der Waals surface area contributed by atoms with Crippen molar-refractivity contribution >= 4 is 11.6 Å². The first-order valence-corrected chi connectivity index (χ1v) is 5.70. The minimum Gasteiger partial charge on any atom is -0.497 e. The maximum atomic E-state index is 6.18. The third-order valence-electron chi connectivity index (χ3n) is 2.48. The number of hydrogen-bond donors (Lipinski definition) is 2. The Morgan fingerprint density at radius 3 is 2.94 bits per heavy atom. The van der Waals surface area contributed by atoms with Crippen LogP contribution in [0.25, 0.3) is 11.3 Å². The van der Waals surface area contributed by atoms with E-state index in [2.05, 4.69) is 9.97 Å². The molecule has 0 saturated carbocycles. The monoisotopic (exact) mass is 251 g/mol. The second-order valence-electron chi connectivity index (χ2n) is 3.63. The molecule has 0 aliphatic rings. The van der Waals surface area contributed by atoms with Gasteiger partial charge in [0, 0.05) is 12.0 Å². The van der Waals surface area contributed by atoms with E-state index in [4.69, 9.17) is 22.1 Å². The van der Waals surface area contributed by atoms with Crippen LogP contribution in [0.5, 0.6) is 5.75 Å². The van der Waals surface area contributed by atoms with Gasteiger partial charge in [0.1, 0.15) is 11.6 Å².